The molecule has 1 saturated carbocycles. The van der Waals surface area contributed by atoms with Crippen molar-refractivity contribution in [2.75, 3.05) is 13.1 Å². The topological polar surface area (TPSA) is 148 Å². The zero-order valence-corrected chi connectivity index (χ0v) is 18.9. The van der Waals surface area contributed by atoms with Gasteiger partial charge < -0.3 is 15.5 Å². The highest BCUT2D eigenvalue weighted by atomic mass is 16.2. The fraction of sp³-hybridized carbons (Fsp3) is 0.565. The molecule has 1 aliphatic carbocycles. The van der Waals surface area contributed by atoms with E-state index in [9.17, 15) is 14.9 Å². The van der Waals surface area contributed by atoms with E-state index in [1.807, 2.05) is 36.1 Å². The molecular weight excluding hydrogens is 434 g/mol. The average molecular weight is 462 g/mol. The number of aromatic amines is 1. The first-order chi connectivity index (χ1) is 16.5. The van der Waals surface area contributed by atoms with E-state index in [1.165, 1.54) is 0 Å². The molecule has 0 spiro atoms. The highest BCUT2D eigenvalue weighted by Gasteiger charge is 2.56. The number of nitrogens with zero attached hydrogens (tertiary/aromatic N) is 7. The van der Waals surface area contributed by atoms with Gasteiger partial charge >= 0.3 is 0 Å². The second-order valence-electron chi connectivity index (χ2n) is 9.94. The van der Waals surface area contributed by atoms with Gasteiger partial charge in [-0.3, -0.25) is 14.5 Å². The summed E-state index contributed by atoms with van der Waals surface area (Å²) in [7, 11) is 0. The molecule has 4 fully saturated rings. The number of nitrogens with two attached hydrogens (primary N) is 1. The van der Waals surface area contributed by atoms with Gasteiger partial charge in [-0.15, -0.1) is 10.2 Å². The number of hydrogen-bond acceptors (Lipinski definition) is 8. The Hall–Kier alpha value is -3.36. The van der Waals surface area contributed by atoms with Gasteiger partial charge in [0, 0.05) is 30.7 Å². The fourth-order valence-electron chi connectivity index (χ4n) is 6.19. The Bertz CT molecular complexity index is 1160. The Morgan fingerprint density at radius 1 is 1.35 bits per heavy atom. The van der Waals surface area contributed by atoms with Crippen LogP contribution in [0, 0.1) is 17.2 Å². The van der Waals surface area contributed by atoms with Crippen LogP contribution in [0.2, 0.25) is 0 Å². The van der Waals surface area contributed by atoms with Crippen molar-refractivity contribution < 1.29 is 9.59 Å². The SMILES string of the molecule is C[C@H](c1cccc(-c2nn[nH]n2)c1)N1C(=O)[C@@H]2C[C@H]1CN2C[C@H](N)C(=O)N1[C@H](C#N)CC2C[C@@H]21. The maximum Gasteiger partial charge on any atom is 0.242 e. The van der Waals surface area contributed by atoms with E-state index in [-0.39, 0.29) is 42.0 Å². The van der Waals surface area contributed by atoms with Gasteiger partial charge in [0.25, 0.3) is 0 Å². The van der Waals surface area contributed by atoms with Crippen molar-refractivity contribution in [3.8, 4) is 17.5 Å². The lowest BCUT2D eigenvalue weighted by molar-refractivity contribution is -0.141. The van der Waals surface area contributed by atoms with E-state index in [4.69, 9.17) is 5.73 Å². The Balaban J connectivity index is 1.12. The Morgan fingerprint density at radius 3 is 2.94 bits per heavy atom. The van der Waals surface area contributed by atoms with Crippen LogP contribution in [-0.2, 0) is 9.59 Å². The van der Waals surface area contributed by atoms with Crippen LogP contribution in [0.1, 0.15) is 37.8 Å². The van der Waals surface area contributed by atoms with Gasteiger partial charge in [0.2, 0.25) is 17.6 Å². The fourth-order valence-corrected chi connectivity index (χ4v) is 6.19. The Kier molecular flexibility index (Phi) is 4.89. The lowest BCUT2D eigenvalue weighted by Crippen LogP contribution is -2.57. The van der Waals surface area contributed by atoms with Crippen LogP contribution in [0.3, 0.4) is 0 Å². The molecule has 2 bridgehead atoms. The number of H-pyrrole nitrogens is 1. The van der Waals surface area contributed by atoms with Gasteiger partial charge in [-0.25, -0.2) is 0 Å². The molecule has 4 aliphatic rings. The molecule has 2 amide bonds. The summed E-state index contributed by atoms with van der Waals surface area (Å²) in [6.45, 7) is 3.07. The molecule has 2 aromatic rings. The third kappa shape index (κ3) is 3.28. The van der Waals surface area contributed by atoms with Crippen LogP contribution >= 0.6 is 0 Å². The predicted molar refractivity (Wildman–Crippen MR) is 119 cm³/mol. The van der Waals surface area contributed by atoms with Gasteiger partial charge in [0.1, 0.15) is 6.04 Å². The number of aromatic nitrogens is 4. The summed E-state index contributed by atoms with van der Waals surface area (Å²) in [5.74, 6) is 0.892. The van der Waals surface area contributed by atoms with Gasteiger partial charge in [-0.1, -0.05) is 18.2 Å². The average Bonchev–Trinajstić information content (AvgIpc) is 3.28. The van der Waals surface area contributed by atoms with E-state index in [0.29, 0.717) is 24.8 Å². The van der Waals surface area contributed by atoms with Crippen molar-refractivity contribution in [2.24, 2.45) is 11.7 Å². The molecule has 1 aromatic heterocycles. The summed E-state index contributed by atoms with van der Waals surface area (Å²) in [4.78, 5) is 32.1. The summed E-state index contributed by atoms with van der Waals surface area (Å²) in [6.07, 6.45) is 2.47. The molecule has 3 aliphatic heterocycles. The Labute approximate surface area is 196 Å². The van der Waals surface area contributed by atoms with E-state index >= 15 is 0 Å². The molecule has 3 saturated heterocycles. The molecule has 34 heavy (non-hydrogen) atoms. The number of tetrazole rings is 1. The smallest absolute Gasteiger partial charge is 0.242 e. The number of fused-ring (bicyclic) bond motifs is 3. The van der Waals surface area contributed by atoms with Crippen molar-refractivity contribution >= 4 is 11.8 Å². The van der Waals surface area contributed by atoms with Crippen LogP contribution in [0.5, 0.6) is 0 Å². The van der Waals surface area contributed by atoms with E-state index in [0.717, 1.165) is 30.4 Å². The van der Waals surface area contributed by atoms with Crippen LogP contribution < -0.4 is 5.73 Å². The number of amides is 2. The number of piperazine rings is 1. The van der Waals surface area contributed by atoms with Gasteiger partial charge in [-0.05, 0) is 48.9 Å². The molecule has 11 nitrogen and oxygen atoms in total. The first kappa shape index (κ1) is 21.2. The molecule has 11 heteroatoms. The number of likely N-dealkylation sites (tertiary alicyclic amines) is 3. The highest BCUT2D eigenvalue weighted by Crippen LogP contribution is 2.48. The second-order valence-corrected chi connectivity index (χ2v) is 9.94. The monoisotopic (exact) mass is 461 g/mol. The molecule has 4 heterocycles. The van der Waals surface area contributed by atoms with Crippen molar-refractivity contribution in [1.82, 2.24) is 35.3 Å². The van der Waals surface area contributed by atoms with Gasteiger partial charge in [0.15, 0.2) is 0 Å². The van der Waals surface area contributed by atoms with Crippen LogP contribution in [-0.4, -0.2) is 90.4 Å². The summed E-state index contributed by atoms with van der Waals surface area (Å²) in [6, 6.07) is 8.92. The molecule has 0 radical (unpaired) electrons. The van der Waals surface area contributed by atoms with E-state index in [2.05, 4.69) is 31.6 Å². The third-order valence-electron chi connectivity index (χ3n) is 7.96. The van der Waals surface area contributed by atoms with Crippen LogP contribution in [0.15, 0.2) is 24.3 Å². The van der Waals surface area contributed by atoms with Gasteiger partial charge in [-0.2, -0.15) is 10.5 Å². The lowest BCUT2D eigenvalue weighted by Gasteiger charge is -2.38. The van der Waals surface area contributed by atoms with Crippen LogP contribution in [0.25, 0.3) is 11.4 Å². The summed E-state index contributed by atoms with van der Waals surface area (Å²) in [5, 5.41) is 23.6. The lowest BCUT2D eigenvalue weighted by atomic mass is 10.0. The number of piperidine rings is 1. The largest absolute Gasteiger partial charge is 0.330 e. The normalized spacial score (nSPS) is 31.4. The number of nitrogens with one attached hydrogen (secondary N) is 1. The molecule has 1 aromatic carbocycles. The maximum absolute atomic E-state index is 13.3. The minimum atomic E-state index is -0.722. The summed E-state index contributed by atoms with van der Waals surface area (Å²) in [5.41, 5.74) is 8.17. The first-order valence-electron chi connectivity index (χ1n) is 11.8. The minimum Gasteiger partial charge on any atom is -0.330 e. The first-order valence-corrected chi connectivity index (χ1v) is 11.8. The zero-order valence-electron chi connectivity index (χ0n) is 18.9. The molecule has 1 unspecified atom stereocenters. The summed E-state index contributed by atoms with van der Waals surface area (Å²) >= 11 is 0. The molecule has 176 valence electrons. The van der Waals surface area contributed by atoms with Crippen molar-refractivity contribution in [3.63, 3.8) is 0 Å². The molecule has 6 rings (SSSR count). The van der Waals surface area contributed by atoms with Crippen molar-refractivity contribution in [2.45, 2.75) is 62.4 Å². The third-order valence-corrected chi connectivity index (χ3v) is 7.96. The maximum atomic E-state index is 13.3. The number of carbonyl (C=O) groups excluding carboxylic acids is 2. The quantitative estimate of drug-likeness (QED) is 0.613. The number of benzene rings is 1. The van der Waals surface area contributed by atoms with E-state index < -0.39 is 6.04 Å². The number of hydrogen-bond donors (Lipinski definition) is 2. The van der Waals surface area contributed by atoms with Crippen LogP contribution in [0.4, 0.5) is 0 Å². The minimum absolute atomic E-state index is 0.0756. The molecule has 7 atom stereocenters. The van der Waals surface area contributed by atoms with Gasteiger partial charge in [0.05, 0.1) is 24.2 Å². The Morgan fingerprint density at radius 2 is 2.21 bits per heavy atom. The number of nitriles is 1. The molecule has 3 N–H and O–H groups in total. The highest BCUT2D eigenvalue weighted by molar-refractivity contribution is 5.87. The van der Waals surface area contributed by atoms with Crippen molar-refractivity contribution in [1.29, 1.82) is 5.26 Å². The van der Waals surface area contributed by atoms with Crippen molar-refractivity contribution in [3.05, 3.63) is 29.8 Å². The predicted octanol–water partition coefficient (Wildman–Crippen LogP) is 0.0531. The number of carbonyl (C=O) groups is 2. The summed E-state index contributed by atoms with van der Waals surface area (Å²) < 4.78 is 0. The number of rotatable bonds is 6. The standard InChI is InChI=1S/C23H27N9O2/c1-12(13-3-2-4-14(5-13)21-26-28-29-27-21)31-17-8-20(23(31)34)30(10-17)11-18(25)22(33)32-16(9-24)6-15-7-19(15)32/h2-5,12,15-20H,6-8,10-11,25H2,1H3,(H,26,27,28,29)/t12-,15?,16+,17+,18+,19+,20+/m1/s1. The zero-order chi connectivity index (χ0) is 23.6. The van der Waals surface area contributed by atoms with E-state index in [1.54, 1.807) is 4.90 Å². The second kappa shape index (κ2) is 7.85. The molecular formula is C23H27N9O2.